The van der Waals surface area contributed by atoms with Crippen LogP contribution in [-0.2, 0) is 6.54 Å². The molecule has 0 aromatic carbocycles. The first kappa shape index (κ1) is 11.7. The highest BCUT2D eigenvalue weighted by Crippen LogP contribution is 2.12. The van der Waals surface area contributed by atoms with Crippen molar-refractivity contribution in [3.63, 3.8) is 0 Å². The molecule has 0 radical (unpaired) electrons. The Kier molecular flexibility index (Phi) is 4.55. The van der Waals surface area contributed by atoms with Gasteiger partial charge in [-0.3, -0.25) is 0 Å². The minimum absolute atomic E-state index is 0.595. The lowest BCUT2D eigenvalue weighted by atomic mass is 10.1. The minimum atomic E-state index is 0.595. The second-order valence-corrected chi connectivity index (χ2v) is 5.58. The van der Waals surface area contributed by atoms with Crippen LogP contribution in [0.5, 0.6) is 0 Å². The van der Waals surface area contributed by atoms with Gasteiger partial charge in [-0.1, -0.05) is 13.8 Å². The number of hydrogen-bond acceptors (Lipinski definition) is 3. The van der Waals surface area contributed by atoms with E-state index in [4.69, 9.17) is 0 Å². The lowest BCUT2D eigenvalue weighted by molar-refractivity contribution is 0.443. The van der Waals surface area contributed by atoms with Gasteiger partial charge in [0.2, 0.25) is 0 Å². The van der Waals surface area contributed by atoms with Crippen molar-refractivity contribution in [3.8, 4) is 0 Å². The normalized spacial score (nSPS) is 13.5. The van der Waals surface area contributed by atoms with E-state index in [0.717, 1.165) is 17.5 Å². The van der Waals surface area contributed by atoms with Gasteiger partial charge >= 0.3 is 0 Å². The van der Waals surface area contributed by atoms with Crippen molar-refractivity contribution in [2.24, 2.45) is 5.92 Å². The molecular weight excluding hydrogens is 192 g/mol. The van der Waals surface area contributed by atoms with E-state index in [9.17, 15) is 0 Å². The average Bonchev–Trinajstić information content (AvgIpc) is 2.47. The molecule has 80 valence electrons. The van der Waals surface area contributed by atoms with Gasteiger partial charge in [-0.2, -0.15) is 0 Å². The van der Waals surface area contributed by atoms with Crippen LogP contribution in [0.25, 0.3) is 0 Å². The number of nitrogens with zero attached hydrogens (tertiary/aromatic N) is 1. The van der Waals surface area contributed by atoms with Gasteiger partial charge in [0.1, 0.15) is 0 Å². The van der Waals surface area contributed by atoms with Crippen molar-refractivity contribution >= 4 is 11.3 Å². The summed E-state index contributed by atoms with van der Waals surface area (Å²) in [6.45, 7) is 9.77. The predicted octanol–water partition coefficient (Wildman–Crippen LogP) is 2.98. The molecule has 0 aliphatic carbocycles. The highest BCUT2D eigenvalue weighted by atomic mass is 32.1. The molecular formula is C11H20N2S. The second-order valence-electron chi connectivity index (χ2n) is 4.26. The van der Waals surface area contributed by atoms with Gasteiger partial charge in [-0.05, 0) is 26.2 Å². The van der Waals surface area contributed by atoms with E-state index in [1.54, 1.807) is 11.3 Å². The molecule has 0 saturated carbocycles. The standard InChI is InChI=1S/C11H20N2S/c1-8(2)5-9(3)12-6-11-7-13-10(4)14-11/h7-9,12H,5-6H2,1-4H3. The monoisotopic (exact) mass is 212 g/mol. The Morgan fingerprint density at radius 3 is 2.64 bits per heavy atom. The maximum atomic E-state index is 4.23. The zero-order valence-electron chi connectivity index (χ0n) is 9.50. The third-order valence-corrected chi connectivity index (χ3v) is 3.03. The van der Waals surface area contributed by atoms with E-state index in [1.807, 2.05) is 13.1 Å². The van der Waals surface area contributed by atoms with Crippen LogP contribution in [0.2, 0.25) is 0 Å². The fourth-order valence-corrected chi connectivity index (χ4v) is 2.30. The van der Waals surface area contributed by atoms with Crippen molar-refractivity contribution in [2.45, 2.75) is 46.7 Å². The van der Waals surface area contributed by atoms with Crippen molar-refractivity contribution in [3.05, 3.63) is 16.1 Å². The Labute approximate surface area is 90.8 Å². The maximum Gasteiger partial charge on any atom is 0.0897 e. The highest BCUT2D eigenvalue weighted by Gasteiger charge is 2.05. The van der Waals surface area contributed by atoms with Crippen molar-refractivity contribution < 1.29 is 0 Å². The summed E-state index contributed by atoms with van der Waals surface area (Å²) in [6.07, 6.45) is 3.20. The van der Waals surface area contributed by atoms with Crippen LogP contribution in [0, 0.1) is 12.8 Å². The quantitative estimate of drug-likeness (QED) is 0.811. The van der Waals surface area contributed by atoms with Crippen molar-refractivity contribution in [1.29, 1.82) is 0 Å². The summed E-state index contributed by atoms with van der Waals surface area (Å²) in [5, 5.41) is 4.67. The molecule has 0 spiro atoms. The zero-order chi connectivity index (χ0) is 10.6. The van der Waals surface area contributed by atoms with Gasteiger partial charge in [0.05, 0.1) is 5.01 Å². The van der Waals surface area contributed by atoms with E-state index in [0.29, 0.717) is 6.04 Å². The molecule has 0 aliphatic heterocycles. The summed E-state index contributed by atoms with van der Waals surface area (Å²) < 4.78 is 0. The van der Waals surface area contributed by atoms with Gasteiger partial charge in [-0.25, -0.2) is 4.98 Å². The molecule has 1 aromatic heterocycles. The Morgan fingerprint density at radius 1 is 1.43 bits per heavy atom. The van der Waals surface area contributed by atoms with E-state index in [-0.39, 0.29) is 0 Å². The smallest absolute Gasteiger partial charge is 0.0897 e. The lowest BCUT2D eigenvalue weighted by Gasteiger charge is -2.14. The summed E-state index contributed by atoms with van der Waals surface area (Å²) in [6, 6.07) is 0.595. The molecule has 0 aliphatic rings. The molecule has 0 amide bonds. The lowest BCUT2D eigenvalue weighted by Crippen LogP contribution is -2.26. The van der Waals surface area contributed by atoms with Gasteiger partial charge in [-0.15, -0.1) is 11.3 Å². The van der Waals surface area contributed by atoms with Crippen LogP contribution in [0.3, 0.4) is 0 Å². The minimum Gasteiger partial charge on any atom is -0.309 e. The largest absolute Gasteiger partial charge is 0.309 e. The molecule has 1 unspecified atom stereocenters. The molecule has 14 heavy (non-hydrogen) atoms. The van der Waals surface area contributed by atoms with Gasteiger partial charge in [0.25, 0.3) is 0 Å². The van der Waals surface area contributed by atoms with Gasteiger partial charge < -0.3 is 5.32 Å². The van der Waals surface area contributed by atoms with Crippen LogP contribution in [0.1, 0.15) is 37.1 Å². The number of aromatic nitrogens is 1. The molecule has 1 rings (SSSR count). The second kappa shape index (κ2) is 5.47. The first-order valence-electron chi connectivity index (χ1n) is 5.22. The predicted molar refractivity (Wildman–Crippen MR) is 62.6 cm³/mol. The van der Waals surface area contributed by atoms with E-state index >= 15 is 0 Å². The summed E-state index contributed by atoms with van der Waals surface area (Å²) >= 11 is 1.77. The molecule has 3 heteroatoms. The van der Waals surface area contributed by atoms with Gasteiger partial charge in [0.15, 0.2) is 0 Å². The Hall–Kier alpha value is -0.410. The molecule has 0 fully saturated rings. The Bertz CT molecular complexity index is 268. The molecule has 2 nitrogen and oxygen atoms in total. The number of rotatable bonds is 5. The zero-order valence-corrected chi connectivity index (χ0v) is 10.3. The number of hydrogen-bond donors (Lipinski definition) is 1. The Morgan fingerprint density at radius 2 is 2.14 bits per heavy atom. The molecule has 1 aromatic rings. The first-order chi connectivity index (χ1) is 6.58. The number of thiazole rings is 1. The fraction of sp³-hybridized carbons (Fsp3) is 0.727. The maximum absolute atomic E-state index is 4.23. The fourth-order valence-electron chi connectivity index (χ4n) is 1.55. The summed E-state index contributed by atoms with van der Waals surface area (Å²) in [5.41, 5.74) is 0. The van der Waals surface area contributed by atoms with Gasteiger partial charge in [0, 0.05) is 23.7 Å². The molecule has 1 heterocycles. The summed E-state index contributed by atoms with van der Waals surface area (Å²) in [7, 11) is 0. The van der Waals surface area contributed by atoms with E-state index in [2.05, 4.69) is 31.1 Å². The van der Waals surface area contributed by atoms with Crippen LogP contribution in [0.4, 0.5) is 0 Å². The summed E-state index contributed by atoms with van der Waals surface area (Å²) in [4.78, 5) is 5.57. The van der Waals surface area contributed by atoms with Crippen LogP contribution in [-0.4, -0.2) is 11.0 Å². The number of aryl methyl sites for hydroxylation is 1. The number of nitrogens with one attached hydrogen (secondary N) is 1. The van der Waals surface area contributed by atoms with E-state index < -0.39 is 0 Å². The third kappa shape index (κ3) is 4.20. The molecule has 1 N–H and O–H groups in total. The third-order valence-electron chi connectivity index (χ3n) is 2.12. The van der Waals surface area contributed by atoms with E-state index in [1.165, 1.54) is 11.3 Å². The van der Waals surface area contributed by atoms with Crippen LogP contribution < -0.4 is 5.32 Å². The average molecular weight is 212 g/mol. The first-order valence-corrected chi connectivity index (χ1v) is 6.04. The topological polar surface area (TPSA) is 24.9 Å². The highest BCUT2D eigenvalue weighted by molar-refractivity contribution is 7.11. The van der Waals surface area contributed by atoms with Crippen molar-refractivity contribution in [1.82, 2.24) is 10.3 Å². The molecule has 0 saturated heterocycles. The SMILES string of the molecule is Cc1ncc(CNC(C)CC(C)C)s1. The molecule has 1 atom stereocenters. The Balaban J connectivity index is 2.26. The molecule has 0 bridgehead atoms. The van der Waals surface area contributed by atoms with Crippen LogP contribution in [0.15, 0.2) is 6.20 Å². The van der Waals surface area contributed by atoms with Crippen LogP contribution >= 0.6 is 11.3 Å². The summed E-state index contributed by atoms with van der Waals surface area (Å²) in [5.74, 6) is 0.765. The van der Waals surface area contributed by atoms with Crippen molar-refractivity contribution in [2.75, 3.05) is 0 Å².